The third-order valence-corrected chi connectivity index (χ3v) is 5.09. The lowest BCUT2D eigenvalue weighted by Gasteiger charge is -2.42. The van der Waals surface area contributed by atoms with E-state index >= 15 is 0 Å². The van der Waals surface area contributed by atoms with Crippen LogP contribution < -0.4 is 10.5 Å². The Balaban J connectivity index is 1.74. The summed E-state index contributed by atoms with van der Waals surface area (Å²) in [7, 11) is 0. The molecule has 4 nitrogen and oxygen atoms in total. The molecule has 0 amide bonds. The maximum atomic E-state index is 6.15. The van der Waals surface area contributed by atoms with Crippen LogP contribution in [-0.2, 0) is 0 Å². The van der Waals surface area contributed by atoms with E-state index < -0.39 is 0 Å². The Bertz CT molecular complexity index is 661. The van der Waals surface area contributed by atoms with Gasteiger partial charge in [-0.1, -0.05) is 37.3 Å². The predicted molar refractivity (Wildman–Crippen MR) is 103 cm³/mol. The van der Waals surface area contributed by atoms with E-state index in [1.807, 2.05) is 36.4 Å². The Morgan fingerprint density at radius 2 is 1.84 bits per heavy atom. The van der Waals surface area contributed by atoms with E-state index in [-0.39, 0.29) is 6.04 Å². The van der Waals surface area contributed by atoms with Gasteiger partial charge >= 0.3 is 0 Å². The average Bonchev–Trinajstić information content (AvgIpc) is 2.64. The molecule has 1 heterocycles. The van der Waals surface area contributed by atoms with Gasteiger partial charge < -0.3 is 10.5 Å². The van der Waals surface area contributed by atoms with Gasteiger partial charge in [-0.05, 0) is 43.3 Å². The number of benzene rings is 2. The molecule has 4 heteroatoms. The molecule has 134 valence electrons. The molecule has 0 spiro atoms. The number of hydrogen-bond donors (Lipinski definition) is 1. The number of para-hydroxylation sites is 1. The van der Waals surface area contributed by atoms with E-state index in [9.17, 15) is 0 Å². The van der Waals surface area contributed by atoms with Gasteiger partial charge in [-0.25, -0.2) is 0 Å². The molecule has 1 aliphatic rings. The number of nitrogens with zero attached hydrogens (tertiary/aromatic N) is 2. The monoisotopic (exact) mass is 339 g/mol. The number of piperazine rings is 1. The molecule has 0 radical (unpaired) electrons. The minimum absolute atomic E-state index is 0.237. The summed E-state index contributed by atoms with van der Waals surface area (Å²) in [5.41, 5.74) is 7.38. The van der Waals surface area contributed by atoms with Gasteiger partial charge in [-0.2, -0.15) is 0 Å². The van der Waals surface area contributed by atoms with Crippen molar-refractivity contribution in [2.24, 2.45) is 5.73 Å². The van der Waals surface area contributed by atoms with Crippen molar-refractivity contribution in [3.63, 3.8) is 0 Å². The van der Waals surface area contributed by atoms with Crippen LogP contribution in [0.15, 0.2) is 54.6 Å². The van der Waals surface area contributed by atoms with Gasteiger partial charge in [-0.15, -0.1) is 0 Å². The number of hydrogen-bond acceptors (Lipinski definition) is 4. The standard InChI is InChI=1S/C21H29N3O/c1-3-23-12-13-24(16-17(23)2)21(15-22)18-8-7-11-20(14-18)25-19-9-5-4-6-10-19/h4-11,14,17,21H,3,12-13,15-16,22H2,1-2H3. The Labute approximate surface area is 151 Å². The Morgan fingerprint density at radius 1 is 1.08 bits per heavy atom. The summed E-state index contributed by atoms with van der Waals surface area (Å²) in [6.07, 6.45) is 0. The van der Waals surface area contributed by atoms with Crippen LogP contribution in [0.3, 0.4) is 0 Å². The molecule has 2 aromatic rings. The first-order valence-corrected chi connectivity index (χ1v) is 9.22. The molecule has 1 aliphatic heterocycles. The van der Waals surface area contributed by atoms with Crippen molar-refractivity contribution in [2.75, 3.05) is 32.7 Å². The van der Waals surface area contributed by atoms with Gasteiger partial charge in [-0.3, -0.25) is 9.80 Å². The van der Waals surface area contributed by atoms with Gasteiger partial charge in [0.1, 0.15) is 11.5 Å². The first kappa shape index (κ1) is 17.9. The molecule has 0 bridgehead atoms. The molecule has 25 heavy (non-hydrogen) atoms. The Kier molecular flexibility index (Phi) is 6.08. The maximum Gasteiger partial charge on any atom is 0.127 e. The van der Waals surface area contributed by atoms with Crippen LogP contribution in [0.2, 0.25) is 0 Å². The van der Waals surface area contributed by atoms with E-state index in [1.54, 1.807) is 0 Å². The topological polar surface area (TPSA) is 41.7 Å². The highest BCUT2D eigenvalue weighted by Gasteiger charge is 2.27. The highest BCUT2D eigenvalue weighted by molar-refractivity contribution is 5.35. The quantitative estimate of drug-likeness (QED) is 0.874. The van der Waals surface area contributed by atoms with E-state index in [2.05, 4.69) is 41.8 Å². The minimum Gasteiger partial charge on any atom is -0.457 e. The van der Waals surface area contributed by atoms with Gasteiger partial charge in [0.25, 0.3) is 0 Å². The summed E-state index contributed by atoms with van der Waals surface area (Å²) >= 11 is 0. The fourth-order valence-corrected chi connectivity index (χ4v) is 3.68. The van der Waals surface area contributed by atoms with Crippen LogP contribution >= 0.6 is 0 Å². The molecular formula is C21H29N3O. The van der Waals surface area contributed by atoms with Crippen molar-refractivity contribution in [1.82, 2.24) is 9.80 Å². The molecule has 1 saturated heterocycles. The number of likely N-dealkylation sites (N-methyl/N-ethyl adjacent to an activating group) is 1. The second kappa shape index (κ2) is 8.48. The largest absolute Gasteiger partial charge is 0.457 e. The van der Waals surface area contributed by atoms with Crippen molar-refractivity contribution in [3.8, 4) is 11.5 Å². The normalized spacial score (nSPS) is 20.4. The second-order valence-corrected chi connectivity index (χ2v) is 6.71. The zero-order valence-corrected chi connectivity index (χ0v) is 15.3. The van der Waals surface area contributed by atoms with E-state index in [4.69, 9.17) is 10.5 Å². The lowest BCUT2D eigenvalue weighted by atomic mass is 10.0. The van der Waals surface area contributed by atoms with E-state index in [0.717, 1.165) is 37.7 Å². The third-order valence-electron chi connectivity index (χ3n) is 5.09. The van der Waals surface area contributed by atoms with E-state index in [1.165, 1.54) is 5.56 Å². The fourth-order valence-electron chi connectivity index (χ4n) is 3.68. The third kappa shape index (κ3) is 4.40. The lowest BCUT2D eigenvalue weighted by molar-refractivity contribution is 0.0606. The van der Waals surface area contributed by atoms with Crippen molar-refractivity contribution in [3.05, 3.63) is 60.2 Å². The highest BCUT2D eigenvalue weighted by Crippen LogP contribution is 2.28. The van der Waals surface area contributed by atoms with Crippen molar-refractivity contribution >= 4 is 0 Å². The minimum atomic E-state index is 0.237. The first-order chi connectivity index (χ1) is 12.2. The molecule has 0 saturated carbocycles. The van der Waals surface area contributed by atoms with Crippen LogP contribution in [0.5, 0.6) is 11.5 Å². The predicted octanol–water partition coefficient (Wildman–Crippen LogP) is 3.50. The summed E-state index contributed by atoms with van der Waals surface area (Å²) < 4.78 is 5.99. The van der Waals surface area contributed by atoms with Crippen LogP contribution in [0.25, 0.3) is 0 Å². The smallest absolute Gasteiger partial charge is 0.127 e. The van der Waals surface area contributed by atoms with Crippen LogP contribution in [-0.4, -0.2) is 48.6 Å². The van der Waals surface area contributed by atoms with Crippen LogP contribution in [0.1, 0.15) is 25.5 Å². The van der Waals surface area contributed by atoms with Gasteiger partial charge in [0.2, 0.25) is 0 Å². The average molecular weight is 339 g/mol. The molecule has 0 aromatic heterocycles. The molecule has 2 unspecified atom stereocenters. The Morgan fingerprint density at radius 3 is 2.52 bits per heavy atom. The summed E-state index contributed by atoms with van der Waals surface area (Å²) in [4.78, 5) is 5.04. The molecule has 2 atom stereocenters. The van der Waals surface area contributed by atoms with Gasteiger partial charge in [0.05, 0.1) is 0 Å². The molecular weight excluding hydrogens is 310 g/mol. The van der Waals surface area contributed by atoms with Gasteiger partial charge in [0, 0.05) is 38.3 Å². The van der Waals surface area contributed by atoms with Crippen LogP contribution in [0, 0.1) is 0 Å². The zero-order valence-electron chi connectivity index (χ0n) is 15.3. The lowest BCUT2D eigenvalue weighted by Crippen LogP contribution is -2.53. The molecule has 0 aliphatic carbocycles. The van der Waals surface area contributed by atoms with Gasteiger partial charge in [0.15, 0.2) is 0 Å². The number of nitrogens with two attached hydrogens (primary N) is 1. The zero-order chi connectivity index (χ0) is 17.6. The summed E-state index contributed by atoms with van der Waals surface area (Å²) in [6.45, 7) is 9.49. The molecule has 1 fully saturated rings. The Hall–Kier alpha value is -1.88. The molecule has 2 N–H and O–H groups in total. The highest BCUT2D eigenvalue weighted by atomic mass is 16.5. The number of ether oxygens (including phenoxy) is 1. The molecule has 2 aromatic carbocycles. The summed E-state index contributed by atoms with van der Waals surface area (Å²) in [5, 5.41) is 0. The number of rotatable bonds is 6. The van der Waals surface area contributed by atoms with Crippen molar-refractivity contribution in [1.29, 1.82) is 0 Å². The van der Waals surface area contributed by atoms with E-state index in [0.29, 0.717) is 12.6 Å². The maximum absolute atomic E-state index is 6.15. The second-order valence-electron chi connectivity index (χ2n) is 6.71. The molecule has 3 rings (SSSR count). The SMILES string of the molecule is CCN1CCN(C(CN)c2cccc(Oc3ccccc3)c2)CC1C. The van der Waals surface area contributed by atoms with Crippen LogP contribution in [0.4, 0.5) is 0 Å². The van der Waals surface area contributed by atoms with Crippen molar-refractivity contribution in [2.45, 2.75) is 25.9 Å². The summed E-state index contributed by atoms with van der Waals surface area (Å²) in [6, 6.07) is 19.0. The van der Waals surface area contributed by atoms with Crippen molar-refractivity contribution < 1.29 is 4.74 Å². The fraction of sp³-hybridized carbons (Fsp3) is 0.429. The summed E-state index contributed by atoms with van der Waals surface area (Å²) in [5.74, 6) is 1.72. The first-order valence-electron chi connectivity index (χ1n) is 9.22.